The molecule has 0 aliphatic heterocycles. The maximum absolute atomic E-state index is 9.32. The predicted octanol–water partition coefficient (Wildman–Crippen LogP) is 3.16. The van der Waals surface area contributed by atoms with Crippen molar-refractivity contribution in [2.24, 2.45) is 11.8 Å². The fourth-order valence-corrected chi connectivity index (χ4v) is 1.89. The Labute approximate surface area is 102 Å². The van der Waals surface area contributed by atoms with E-state index in [1.54, 1.807) is 7.11 Å². The second-order valence-corrected chi connectivity index (χ2v) is 4.78. The standard InChI is InChI=1S/C13H19ClO2/c1-9(2)11(8-15)6-10-7-12(14)4-5-13(10)16-3/h4-5,7,9,11,15H,6,8H2,1-3H3. The van der Waals surface area contributed by atoms with Gasteiger partial charge in [-0.15, -0.1) is 0 Å². The number of ether oxygens (including phenoxy) is 1. The summed E-state index contributed by atoms with van der Waals surface area (Å²) in [5.41, 5.74) is 1.06. The van der Waals surface area contributed by atoms with Crippen LogP contribution < -0.4 is 4.74 Å². The van der Waals surface area contributed by atoms with Crippen LogP contribution in [0.25, 0.3) is 0 Å². The van der Waals surface area contributed by atoms with Crippen molar-refractivity contribution >= 4 is 11.6 Å². The van der Waals surface area contributed by atoms with E-state index in [9.17, 15) is 5.11 Å². The summed E-state index contributed by atoms with van der Waals surface area (Å²) in [5, 5.41) is 10.0. The Balaban J connectivity index is 2.89. The quantitative estimate of drug-likeness (QED) is 0.860. The van der Waals surface area contributed by atoms with Crippen LogP contribution in [0.1, 0.15) is 19.4 Å². The molecule has 16 heavy (non-hydrogen) atoms. The Morgan fingerprint density at radius 3 is 2.56 bits per heavy atom. The Morgan fingerprint density at radius 2 is 2.06 bits per heavy atom. The number of rotatable bonds is 5. The zero-order valence-electron chi connectivity index (χ0n) is 10.0. The van der Waals surface area contributed by atoms with Crippen molar-refractivity contribution in [2.75, 3.05) is 13.7 Å². The molecule has 1 atom stereocenters. The van der Waals surface area contributed by atoms with E-state index < -0.39 is 0 Å². The van der Waals surface area contributed by atoms with Crippen LogP contribution in [0.15, 0.2) is 18.2 Å². The maximum Gasteiger partial charge on any atom is 0.122 e. The normalized spacial score (nSPS) is 12.9. The molecule has 0 aromatic heterocycles. The van der Waals surface area contributed by atoms with Crippen LogP contribution in [-0.2, 0) is 6.42 Å². The molecule has 0 heterocycles. The molecule has 0 fully saturated rings. The van der Waals surface area contributed by atoms with Gasteiger partial charge in [-0.2, -0.15) is 0 Å². The minimum atomic E-state index is 0.188. The van der Waals surface area contributed by atoms with E-state index in [2.05, 4.69) is 13.8 Å². The molecule has 1 N–H and O–H groups in total. The highest BCUT2D eigenvalue weighted by atomic mass is 35.5. The molecule has 1 aromatic rings. The SMILES string of the molecule is COc1ccc(Cl)cc1CC(CO)C(C)C. The third-order valence-corrected chi connectivity index (χ3v) is 3.14. The lowest BCUT2D eigenvalue weighted by atomic mass is 9.89. The Hall–Kier alpha value is -0.730. The van der Waals surface area contributed by atoms with Gasteiger partial charge in [0.05, 0.1) is 7.11 Å². The van der Waals surface area contributed by atoms with Gasteiger partial charge in [-0.25, -0.2) is 0 Å². The largest absolute Gasteiger partial charge is 0.496 e. The summed E-state index contributed by atoms with van der Waals surface area (Å²) in [7, 11) is 1.65. The molecular formula is C13H19ClO2. The molecule has 1 aromatic carbocycles. The number of methoxy groups -OCH3 is 1. The van der Waals surface area contributed by atoms with Crippen LogP contribution in [-0.4, -0.2) is 18.8 Å². The summed E-state index contributed by atoms with van der Waals surface area (Å²) in [4.78, 5) is 0. The van der Waals surface area contributed by atoms with Gasteiger partial charge in [0.1, 0.15) is 5.75 Å². The van der Waals surface area contributed by atoms with Gasteiger partial charge in [-0.05, 0) is 42.0 Å². The minimum Gasteiger partial charge on any atom is -0.496 e. The first kappa shape index (κ1) is 13.3. The van der Waals surface area contributed by atoms with Gasteiger partial charge >= 0.3 is 0 Å². The van der Waals surface area contributed by atoms with Gasteiger partial charge in [0, 0.05) is 11.6 Å². The van der Waals surface area contributed by atoms with Crippen LogP contribution in [0.3, 0.4) is 0 Å². The second kappa shape index (κ2) is 6.12. The van der Waals surface area contributed by atoms with Gasteiger partial charge in [0.25, 0.3) is 0 Å². The molecule has 0 aliphatic rings. The minimum absolute atomic E-state index is 0.188. The molecule has 0 amide bonds. The summed E-state index contributed by atoms with van der Waals surface area (Å²) in [6.45, 7) is 4.41. The van der Waals surface area contributed by atoms with Crippen LogP contribution in [0.4, 0.5) is 0 Å². The molecule has 90 valence electrons. The monoisotopic (exact) mass is 242 g/mol. The molecule has 0 spiro atoms. The molecule has 0 radical (unpaired) electrons. The Morgan fingerprint density at radius 1 is 1.38 bits per heavy atom. The number of hydrogen-bond acceptors (Lipinski definition) is 2. The highest BCUT2D eigenvalue weighted by Crippen LogP contribution is 2.27. The second-order valence-electron chi connectivity index (χ2n) is 4.35. The van der Waals surface area contributed by atoms with Crippen molar-refractivity contribution in [1.29, 1.82) is 0 Å². The summed E-state index contributed by atoms with van der Waals surface area (Å²) in [5.74, 6) is 1.52. The summed E-state index contributed by atoms with van der Waals surface area (Å²) in [6.07, 6.45) is 0.790. The van der Waals surface area contributed by atoms with E-state index in [4.69, 9.17) is 16.3 Å². The molecule has 0 saturated carbocycles. The van der Waals surface area contributed by atoms with E-state index in [0.717, 1.165) is 17.7 Å². The van der Waals surface area contributed by atoms with Crippen molar-refractivity contribution in [3.8, 4) is 5.75 Å². The van der Waals surface area contributed by atoms with Gasteiger partial charge in [0.2, 0.25) is 0 Å². The average molecular weight is 243 g/mol. The van der Waals surface area contributed by atoms with Gasteiger partial charge in [-0.3, -0.25) is 0 Å². The highest BCUT2D eigenvalue weighted by molar-refractivity contribution is 6.30. The number of halogens is 1. The lowest BCUT2D eigenvalue weighted by Crippen LogP contribution is -2.16. The van der Waals surface area contributed by atoms with Gasteiger partial charge in [0.15, 0.2) is 0 Å². The van der Waals surface area contributed by atoms with E-state index in [0.29, 0.717) is 10.9 Å². The summed E-state index contributed by atoms with van der Waals surface area (Å²) >= 11 is 5.96. The van der Waals surface area contributed by atoms with Gasteiger partial charge < -0.3 is 9.84 Å². The summed E-state index contributed by atoms with van der Waals surface area (Å²) in [6, 6.07) is 5.59. The predicted molar refractivity (Wildman–Crippen MR) is 67.1 cm³/mol. The third-order valence-electron chi connectivity index (χ3n) is 2.90. The molecule has 3 heteroatoms. The lowest BCUT2D eigenvalue weighted by Gasteiger charge is -2.19. The first-order valence-electron chi connectivity index (χ1n) is 5.51. The average Bonchev–Trinajstić information content (AvgIpc) is 2.25. The van der Waals surface area contributed by atoms with E-state index in [1.807, 2.05) is 18.2 Å². The van der Waals surface area contributed by atoms with Crippen molar-refractivity contribution in [3.05, 3.63) is 28.8 Å². The number of hydrogen-bond donors (Lipinski definition) is 1. The fraction of sp³-hybridized carbons (Fsp3) is 0.538. The van der Waals surface area contributed by atoms with Crippen LogP contribution >= 0.6 is 11.6 Å². The molecule has 0 saturated heterocycles. The molecule has 0 aliphatic carbocycles. The van der Waals surface area contributed by atoms with Crippen LogP contribution in [0.5, 0.6) is 5.75 Å². The maximum atomic E-state index is 9.32. The van der Waals surface area contributed by atoms with Crippen LogP contribution in [0.2, 0.25) is 5.02 Å². The zero-order valence-corrected chi connectivity index (χ0v) is 10.8. The highest BCUT2D eigenvalue weighted by Gasteiger charge is 2.15. The van der Waals surface area contributed by atoms with Crippen molar-refractivity contribution in [2.45, 2.75) is 20.3 Å². The van der Waals surface area contributed by atoms with E-state index >= 15 is 0 Å². The van der Waals surface area contributed by atoms with Crippen LogP contribution in [0, 0.1) is 11.8 Å². The molecule has 0 bridgehead atoms. The Kier molecular flexibility index (Phi) is 5.10. The van der Waals surface area contributed by atoms with Crippen molar-refractivity contribution in [1.82, 2.24) is 0 Å². The van der Waals surface area contributed by atoms with Gasteiger partial charge in [-0.1, -0.05) is 25.4 Å². The molecular weight excluding hydrogens is 224 g/mol. The molecule has 1 unspecified atom stereocenters. The fourth-order valence-electron chi connectivity index (χ4n) is 1.70. The first-order chi connectivity index (χ1) is 7.58. The Bertz CT molecular complexity index is 337. The van der Waals surface area contributed by atoms with Crippen molar-refractivity contribution in [3.63, 3.8) is 0 Å². The zero-order chi connectivity index (χ0) is 12.1. The first-order valence-corrected chi connectivity index (χ1v) is 5.89. The molecule has 2 nitrogen and oxygen atoms in total. The number of aliphatic hydroxyl groups excluding tert-OH is 1. The van der Waals surface area contributed by atoms with E-state index in [1.165, 1.54) is 0 Å². The number of aliphatic hydroxyl groups is 1. The number of benzene rings is 1. The topological polar surface area (TPSA) is 29.5 Å². The molecule has 1 rings (SSSR count). The lowest BCUT2D eigenvalue weighted by molar-refractivity contribution is 0.188. The summed E-state index contributed by atoms with van der Waals surface area (Å²) < 4.78 is 5.29. The third kappa shape index (κ3) is 3.39. The van der Waals surface area contributed by atoms with E-state index in [-0.39, 0.29) is 12.5 Å². The smallest absolute Gasteiger partial charge is 0.122 e. The van der Waals surface area contributed by atoms with Crippen molar-refractivity contribution < 1.29 is 9.84 Å².